The van der Waals surface area contributed by atoms with Crippen molar-refractivity contribution in [2.24, 2.45) is 0 Å². The highest BCUT2D eigenvalue weighted by molar-refractivity contribution is 7.98. The summed E-state index contributed by atoms with van der Waals surface area (Å²) < 4.78 is 4.37. The van der Waals surface area contributed by atoms with Gasteiger partial charge in [0.2, 0.25) is 0 Å². The van der Waals surface area contributed by atoms with E-state index < -0.39 is 11.9 Å². The minimum Gasteiger partial charge on any atom is -0.391 e. The first-order chi connectivity index (χ1) is 5.72. The van der Waals surface area contributed by atoms with Crippen molar-refractivity contribution < 1.29 is 14.3 Å². The van der Waals surface area contributed by atoms with Crippen molar-refractivity contribution >= 4 is 23.7 Å². The molecule has 1 saturated heterocycles. The zero-order chi connectivity index (χ0) is 8.97. The Bertz CT molecular complexity index is 179. The van der Waals surface area contributed by atoms with Crippen LogP contribution in [0.25, 0.3) is 0 Å². The van der Waals surface area contributed by atoms with Gasteiger partial charge < -0.3 is 4.74 Å². The van der Waals surface area contributed by atoms with E-state index in [1.807, 2.05) is 6.26 Å². The SMILES string of the molecule is CSCCN1CC(=O)OC(=O)C1. The smallest absolute Gasteiger partial charge is 0.327 e. The topological polar surface area (TPSA) is 46.6 Å². The molecule has 5 heteroatoms. The quantitative estimate of drug-likeness (QED) is 0.452. The number of esters is 2. The minimum atomic E-state index is -0.438. The lowest BCUT2D eigenvalue weighted by Crippen LogP contribution is -2.43. The molecule has 4 nitrogen and oxygen atoms in total. The number of thioether (sulfide) groups is 1. The highest BCUT2D eigenvalue weighted by Gasteiger charge is 2.23. The van der Waals surface area contributed by atoms with Crippen molar-refractivity contribution in [2.45, 2.75) is 0 Å². The fourth-order valence-corrected chi connectivity index (χ4v) is 1.43. The second-order valence-electron chi connectivity index (χ2n) is 2.55. The molecule has 0 aliphatic carbocycles. The molecule has 0 aromatic carbocycles. The van der Waals surface area contributed by atoms with E-state index >= 15 is 0 Å². The molecule has 0 saturated carbocycles. The van der Waals surface area contributed by atoms with Gasteiger partial charge in [-0.2, -0.15) is 11.8 Å². The van der Waals surface area contributed by atoms with Gasteiger partial charge in [0.15, 0.2) is 0 Å². The number of nitrogens with zero attached hydrogens (tertiary/aromatic N) is 1. The first-order valence-corrected chi connectivity index (χ1v) is 5.06. The molecule has 1 fully saturated rings. The van der Waals surface area contributed by atoms with Crippen molar-refractivity contribution in [3.63, 3.8) is 0 Å². The van der Waals surface area contributed by atoms with E-state index in [-0.39, 0.29) is 13.1 Å². The molecular weight excluding hydrogens is 178 g/mol. The number of carbonyl (C=O) groups is 2. The number of rotatable bonds is 3. The van der Waals surface area contributed by atoms with Gasteiger partial charge in [-0.1, -0.05) is 0 Å². The van der Waals surface area contributed by atoms with Gasteiger partial charge in [0.25, 0.3) is 0 Å². The predicted octanol–water partition coefficient (Wildman–Crippen LogP) is -0.265. The lowest BCUT2D eigenvalue weighted by atomic mass is 10.4. The van der Waals surface area contributed by atoms with Gasteiger partial charge in [-0.05, 0) is 6.26 Å². The molecule has 0 spiro atoms. The summed E-state index contributed by atoms with van der Waals surface area (Å²) >= 11 is 1.69. The van der Waals surface area contributed by atoms with Crippen molar-refractivity contribution in [3.8, 4) is 0 Å². The van der Waals surface area contributed by atoms with Crippen LogP contribution in [0, 0.1) is 0 Å². The highest BCUT2D eigenvalue weighted by Crippen LogP contribution is 2.01. The summed E-state index contributed by atoms with van der Waals surface area (Å²) in [6.45, 7) is 1.25. The van der Waals surface area contributed by atoms with Crippen molar-refractivity contribution in [1.82, 2.24) is 4.90 Å². The number of ether oxygens (including phenoxy) is 1. The molecule has 1 aliphatic rings. The van der Waals surface area contributed by atoms with Crippen LogP contribution in [0.4, 0.5) is 0 Å². The van der Waals surface area contributed by atoms with E-state index in [0.29, 0.717) is 0 Å². The lowest BCUT2D eigenvalue weighted by molar-refractivity contribution is -0.166. The molecule has 0 bridgehead atoms. The molecule has 1 heterocycles. The van der Waals surface area contributed by atoms with Crippen LogP contribution in [0.2, 0.25) is 0 Å². The molecule has 0 unspecified atom stereocenters. The summed E-state index contributed by atoms with van der Waals surface area (Å²) in [5.74, 6) is 0.0558. The van der Waals surface area contributed by atoms with E-state index in [9.17, 15) is 9.59 Å². The maximum absolute atomic E-state index is 10.8. The Labute approximate surface area is 75.2 Å². The summed E-state index contributed by atoms with van der Waals surface area (Å²) in [4.78, 5) is 23.3. The third kappa shape index (κ3) is 2.83. The summed E-state index contributed by atoms with van der Waals surface area (Å²) in [5.41, 5.74) is 0. The Morgan fingerprint density at radius 1 is 1.42 bits per heavy atom. The Kier molecular flexibility index (Phi) is 3.55. The number of hydrogen-bond donors (Lipinski definition) is 0. The van der Waals surface area contributed by atoms with Gasteiger partial charge in [-0.25, -0.2) is 0 Å². The second kappa shape index (κ2) is 4.47. The number of cyclic esters (lactones) is 2. The Morgan fingerprint density at radius 3 is 2.50 bits per heavy atom. The zero-order valence-corrected chi connectivity index (χ0v) is 7.73. The Balaban J connectivity index is 2.34. The third-order valence-corrected chi connectivity index (χ3v) is 2.14. The van der Waals surface area contributed by atoms with E-state index in [1.54, 1.807) is 16.7 Å². The summed E-state index contributed by atoms with van der Waals surface area (Å²) in [5, 5.41) is 0. The minimum absolute atomic E-state index is 0.242. The fourth-order valence-electron chi connectivity index (χ4n) is 0.991. The molecule has 0 aromatic heterocycles. The van der Waals surface area contributed by atoms with Crippen molar-refractivity contribution in [3.05, 3.63) is 0 Å². The van der Waals surface area contributed by atoms with Crippen LogP contribution in [-0.2, 0) is 14.3 Å². The van der Waals surface area contributed by atoms with Crippen LogP contribution in [0.1, 0.15) is 0 Å². The van der Waals surface area contributed by atoms with Crippen LogP contribution < -0.4 is 0 Å². The number of morpholine rings is 1. The van der Waals surface area contributed by atoms with Crippen LogP contribution in [0.15, 0.2) is 0 Å². The molecule has 68 valence electrons. The first-order valence-electron chi connectivity index (χ1n) is 3.67. The largest absolute Gasteiger partial charge is 0.391 e. The number of hydrogen-bond acceptors (Lipinski definition) is 5. The number of carbonyl (C=O) groups excluding carboxylic acids is 2. The van der Waals surface area contributed by atoms with Crippen LogP contribution in [-0.4, -0.2) is 48.5 Å². The molecule has 1 rings (SSSR count). The van der Waals surface area contributed by atoms with Gasteiger partial charge in [-0.15, -0.1) is 0 Å². The highest BCUT2D eigenvalue weighted by atomic mass is 32.2. The Morgan fingerprint density at radius 2 is 2.00 bits per heavy atom. The van der Waals surface area contributed by atoms with Gasteiger partial charge in [-0.3, -0.25) is 14.5 Å². The maximum Gasteiger partial charge on any atom is 0.327 e. The molecule has 0 aromatic rings. The average molecular weight is 189 g/mol. The molecule has 1 aliphatic heterocycles. The fraction of sp³-hybridized carbons (Fsp3) is 0.714. The summed E-state index contributed by atoms with van der Waals surface area (Å²) in [6, 6.07) is 0. The Hall–Kier alpha value is -0.550. The van der Waals surface area contributed by atoms with Crippen molar-refractivity contribution in [1.29, 1.82) is 0 Å². The lowest BCUT2D eigenvalue weighted by Gasteiger charge is -2.23. The van der Waals surface area contributed by atoms with E-state index in [0.717, 1.165) is 12.3 Å². The van der Waals surface area contributed by atoms with Crippen LogP contribution >= 0.6 is 11.8 Å². The molecule has 12 heavy (non-hydrogen) atoms. The molecule has 0 N–H and O–H groups in total. The van der Waals surface area contributed by atoms with Crippen LogP contribution in [0.3, 0.4) is 0 Å². The maximum atomic E-state index is 10.8. The third-order valence-electron chi connectivity index (χ3n) is 1.54. The summed E-state index contributed by atoms with van der Waals surface area (Å²) in [7, 11) is 0. The summed E-state index contributed by atoms with van der Waals surface area (Å²) in [6.07, 6.45) is 1.99. The normalized spacial score (nSPS) is 19.4. The molecule has 0 atom stereocenters. The van der Waals surface area contributed by atoms with Gasteiger partial charge in [0.1, 0.15) is 0 Å². The molecular formula is C7H11NO3S. The monoisotopic (exact) mass is 189 g/mol. The standard InChI is InChI=1S/C7H11NO3S/c1-12-3-2-8-4-6(9)11-7(10)5-8/h2-5H2,1H3. The molecule has 0 radical (unpaired) electrons. The van der Waals surface area contributed by atoms with Gasteiger partial charge in [0.05, 0.1) is 13.1 Å². The first kappa shape index (κ1) is 9.54. The predicted molar refractivity (Wildman–Crippen MR) is 45.9 cm³/mol. The van der Waals surface area contributed by atoms with Gasteiger partial charge >= 0.3 is 11.9 Å². The second-order valence-corrected chi connectivity index (χ2v) is 3.54. The van der Waals surface area contributed by atoms with Crippen LogP contribution in [0.5, 0.6) is 0 Å². The zero-order valence-electron chi connectivity index (χ0n) is 6.91. The van der Waals surface area contributed by atoms with E-state index in [2.05, 4.69) is 4.74 Å². The average Bonchev–Trinajstić information content (AvgIpc) is 1.99. The molecule has 0 amide bonds. The van der Waals surface area contributed by atoms with E-state index in [1.165, 1.54) is 0 Å². The van der Waals surface area contributed by atoms with E-state index in [4.69, 9.17) is 0 Å². The van der Waals surface area contributed by atoms with Gasteiger partial charge in [0, 0.05) is 12.3 Å². The van der Waals surface area contributed by atoms with Crippen molar-refractivity contribution in [2.75, 3.05) is 31.6 Å².